The van der Waals surface area contributed by atoms with Crippen LogP contribution in [-0.2, 0) is 0 Å². The number of nitrogen functional groups attached to an aromatic ring is 1. The molecule has 2 aromatic heterocycles. The van der Waals surface area contributed by atoms with E-state index in [4.69, 9.17) is 5.84 Å². The molecule has 0 amide bonds. The van der Waals surface area contributed by atoms with Gasteiger partial charge in [0.2, 0.25) is 0 Å². The molecule has 0 aliphatic heterocycles. The Morgan fingerprint density at radius 2 is 2.21 bits per heavy atom. The first-order valence-electron chi connectivity index (χ1n) is 6.39. The third-order valence-corrected chi connectivity index (χ3v) is 2.85. The number of hydrogen-bond acceptors (Lipinski definition) is 6. The number of nitrogens with zero attached hydrogens (tertiary/aromatic N) is 4. The Hall–Kier alpha value is -1.86. The van der Waals surface area contributed by atoms with E-state index in [2.05, 4.69) is 39.7 Å². The molecule has 4 N–H and O–H groups in total. The van der Waals surface area contributed by atoms with E-state index in [0.29, 0.717) is 5.82 Å². The molecule has 0 aliphatic carbocycles. The molecule has 2 rings (SSSR count). The van der Waals surface area contributed by atoms with E-state index in [9.17, 15) is 0 Å². The first-order valence-corrected chi connectivity index (χ1v) is 6.39. The number of imidazole rings is 1. The summed E-state index contributed by atoms with van der Waals surface area (Å²) in [5, 5.41) is 3.31. The molecule has 0 aromatic carbocycles. The molecule has 0 aliphatic rings. The summed E-state index contributed by atoms with van der Waals surface area (Å²) in [6, 6.07) is 0. The van der Waals surface area contributed by atoms with Crippen molar-refractivity contribution in [3.8, 4) is 0 Å². The second-order valence-corrected chi connectivity index (χ2v) is 4.71. The Kier molecular flexibility index (Phi) is 4.53. The SMILES string of the molecule is CN(C)CCCCNc1nc(NN)cn2ccnc12. The zero-order valence-corrected chi connectivity index (χ0v) is 11.4. The second-order valence-electron chi connectivity index (χ2n) is 4.71. The van der Waals surface area contributed by atoms with Crippen molar-refractivity contribution < 1.29 is 0 Å². The van der Waals surface area contributed by atoms with Crippen molar-refractivity contribution in [1.29, 1.82) is 0 Å². The van der Waals surface area contributed by atoms with E-state index < -0.39 is 0 Å². The van der Waals surface area contributed by atoms with Crippen LogP contribution in [-0.4, -0.2) is 46.5 Å². The summed E-state index contributed by atoms with van der Waals surface area (Å²) >= 11 is 0. The largest absolute Gasteiger partial charge is 0.367 e. The van der Waals surface area contributed by atoms with Gasteiger partial charge in [0.15, 0.2) is 17.3 Å². The summed E-state index contributed by atoms with van der Waals surface area (Å²) in [6.07, 6.45) is 7.66. The lowest BCUT2D eigenvalue weighted by Gasteiger charge is -2.11. The van der Waals surface area contributed by atoms with Gasteiger partial charge in [-0.15, -0.1) is 0 Å². The third kappa shape index (κ3) is 3.55. The molecule has 19 heavy (non-hydrogen) atoms. The predicted molar refractivity (Wildman–Crippen MR) is 77.1 cm³/mol. The van der Waals surface area contributed by atoms with Crippen molar-refractivity contribution in [3.63, 3.8) is 0 Å². The van der Waals surface area contributed by atoms with E-state index in [1.165, 1.54) is 0 Å². The number of nitrogens with one attached hydrogen (secondary N) is 2. The number of aromatic nitrogens is 3. The van der Waals surface area contributed by atoms with Crippen LogP contribution in [0.2, 0.25) is 0 Å². The van der Waals surface area contributed by atoms with E-state index in [-0.39, 0.29) is 0 Å². The Balaban J connectivity index is 1.97. The lowest BCUT2D eigenvalue weighted by molar-refractivity contribution is 0.396. The quantitative estimate of drug-likeness (QED) is 0.389. The second kappa shape index (κ2) is 6.35. The molecular formula is C12H21N7. The Morgan fingerprint density at radius 3 is 2.95 bits per heavy atom. The standard InChI is InChI=1S/C12H21N7/c1-18(2)7-4-3-5-14-11-12-15-6-8-19(12)9-10(16-11)17-13/h6,8-9,17H,3-5,7,13H2,1-2H3,(H,14,16). The van der Waals surface area contributed by atoms with Crippen molar-refractivity contribution in [1.82, 2.24) is 19.3 Å². The highest BCUT2D eigenvalue weighted by atomic mass is 15.3. The van der Waals surface area contributed by atoms with Gasteiger partial charge in [0.05, 0.1) is 6.20 Å². The van der Waals surface area contributed by atoms with Crippen LogP contribution in [0, 0.1) is 0 Å². The van der Waals surface area contributed by atoms with Gasteiger partial charge in [-0.3, -0.25) is 0 Å². The first kappa shape index (κ1) is 13.6. The van der Waals surface area contributed by atoms with Gasteiger partial charge >= 0.3 is 0 Å². The Labute approximate surface area is 112 Å². The maximum Gasteiger partial charge on any atom is 0.180 e. The average Bonchev–Trinajstić information content (AvgIpc) is 2.85. The number of hydrogen-bond donors (Lipinski definition) is 3. The zero-order chi connectivity index (χ0) is 13.7. The molecule has 7 nitrogen and oxygen atoms in total. The molecule has 104 valence electrons. The molecule has 0 bridgehead atoms. The van der Waals surface area contributed by atoms with Crippen molar-refractivity contribution in [2.75, 3.05) is 37.9 Å². The number of rotatable bonds is 7. The van der Waals surface area contributed by atoms with Gasteiger partial charge in [-0.25, -0.2) is 15.8 Å². The summed E-state index contributed by atoms with van der Waals surface area (Å²) < 4.78 is 1.89. The summed E-state index contributed by atoms with van der Waals surface area (Å²) in [6.45, 7) is 1.97. The summed E-state index contributed by atoms with van der Waals surface area (Å²) in [4.78, 5) is 10.9. The maximum absolute atomic E-state index is 5.41. The molecule has 0 fully saturated rings. The van der Waals surface area contributed by atoms with Crippen molar-refractivity contribution in [3.05, 3.63) is 18.6 Å². The number of nitrogens with two attached hydrogens (primary N) is 1. The fraction of sp³-hybridized carbons (Fsp3) is 0.500. The fourth-order valence-electron chi connectivity index (χ4n) is 1.88. The van der Waals surface area contributed by atoms with E-state index in [0.717, 1.165) is 37.4 Å². The van der Waals surface area contributed by atoms with Crippen LogP contribution in [0.4, 0.5) is 11.6 Å². The minimum absolute atomic E-state index is 0.612. The van der Waals surface area contributed by atoms with Crippen molar-refractivity contribution in [2.45, 2.75) is 12.8 Å². The van der Waals surface area contributed by atoms with E-state index in [1.807, 2.05) is 10.6 Å². The van der Waals surface area contributed by atoms with Gasteiger partial charge in [0, 0.05) is 18.9 Å². The third-order valence-electron chi connectivity index (χ3n) is 2.85. The average molecular weight is 263 g/mol. The van der Waals surface area contributed by atoms with Crippen LogP contribution < -0.4 is 16.6 Å². The van der Waals surface area contributed by atoms with Gasteiger partial charge in [-0.05, 0) is 33.5 Å². The van der Waals surface area contributed by atoms with E-state index >= 15 is 0 Å². The highest BCUT2D eigenvalue weighted by Gasteiger charge is 2.06. The van der Waals surface area contributed by atoms with Gasteiger partial charge in [0.25, 0.3) is 0 Å². The molecule has 2 heterocycles. The summed E-state index contributed by atoms with van der Waals surface area (Å²) in [5.41, 5.74) is 3.37. The van der Waals surface area contributed by atoms with Crippen LogP contribution >= 0.6 is 0 Å². The van der Waals surface area contributed by atoms with Crippen LogP contribution in [0.25, 0.3) is 5.65 Å². The van der Waals surface area contributed by atoms with Gasteiger partial charge < -0.3 is 20.0 Å². The van der Waals surface area contributed by atoms with Gasteiger partial charge in [0.1, 0.15) is 0 Å². The Morgan fingerprint density at radius 1 is 1.37 bits per heavy atom. The van der Waals surface area contributed by atoms with Crippen LogP contribution in [0.1, 0.15) is 12.8 Å². The molecule has 0 radical (unpaired) electrons. The summed E-state index contributed by atoms with van der Waals surface area (Å²) in [5.74, 6) is 6.78. The lowest BCUT2D eigenvalue weighted by Crippen LogP contribution is -2.15. The summed E-state index contributed by atoms with van der Waals surface area (Å²) in [7, 11) is 4.17. The molecule has 0 unspecified atom stereocenters. The normalized spacial score (nSPS) is 11.2. The number of unbranched alkanes of at least 4 members (excludes halogenated alkanes) is 1. The smallest absolute Gasteiger partial charge is 0.180 e. The van der Waals surface area contributed by atoms with Gasteiger partial charge in [-0.1, -0.05) is 0 Å². The minimum Gasteiger partial charge on any atom is -0.367 e. The lowest BCUT2D eigenvalue weighted by atomic mass is 10.3. The molecule has 0 spiro atoms. The molecule has 0 saturated heterocycles. The highest BCUT2D eigenvalue weighted by molar-refractivity contribution is 5.65. The number of anilines is 2. The minimum atomic E-state index is 0.612. The molecule has 7 heteroatoms. The van der Waals surface area contributed by atoms with Crippen LogP contribution in [0.15, 0.2) is 18.6 Å². The first-order chi connectivity index (χ1) is 9.20. The molecular weight excluding hydrogens is 242 g/mol. The Bertz CT molecular complexity index is 520. The monoisotopic (exact) mass is 263 g/mol. The number of hydrazine groups is 1. The molecule has 2 aromatic rings. The maximum atomic E-state index is 5.41. The molecule has 0 saturated carbocycles. The molecule has 0 atom stereocenters. The fourth-order valence-corrected chi connectivity index (χ4v) is 1.88. The highest BCUT2D eigenvalue weighted by Crippen LogP contribution is 2.15. The van der Waals surface area contributed by atoms with Crippen LogP contribution in [0.5, 0.6) is 0 Å². The predicted octanol–water partition coefficient (Wildman–Crippen LogP) is 0.769. The van der Waals surface area contributed by atoms with E-state index in [1.54, 1.807) is 12.4 Å². The number of fused-ring (bicyclic) bond motifs is 1. The van der Waals surface area contributed by atoms with Crippen molar-refractivity contribution in [2.24, 2.45) is 5.84 Å². The zero-order valence-electron chi connectivity index (χ0n) is 11.4. The van der Waals surface area contributed by atoms with Crippen molar-refractivity contribution >= 4 is 17.3 Å². The van der Waals surface area contributed by atoms with Gasteiger partial charge in [-0.2, -0.15) is 0 Å². The topological polar surface area (TPSA) is 83.5 Å². The van der Waals surface area contributed by atoms with Crippen LogP contribution in [0.3, 0.4) is 0 Å².